The van der Waals surface area contributed by atoms with E-state index in [-0.39, 0.29) is 21.7 Å². The molecule has 0 aliphatic carbocycles. The van der Waals surface area contributed by atoms with Crippen LogP contribution in [0.1, 0.15) is 46.8 Å². The lowest BCUT2D eigenvalue weighted by atomic mass is 9.95. The number of ether oxygens (including phenoxy) is 1. The van der Waals surface area contributed by atoms with E-state index >= 15 is 0 Å². The van der Waals surface area contributed by atoms with Gasteiger partial charge in [0.05, 0.1) is 38.8 Å². The molecule has 0 aromatic heterocycles. The van der Waals surface area contributed by atoms with Crippen LogP contribution in [0.25, 0.3) is 5.76 Å². The van der Waals surface area contributed by atoms with Crippen LogP contribution < -0.4 is 5.32 Å². The number of benzene rings is 2. The lowest BCUT2D eigenvalue weighted by Gasteiger charge is -2.22. The van der Waals surface area contributed by atoms with Crippen LogP contribution in [0.4, 0.5) is 39.5 Å². The molecule has 3 atom stereocenters. The lowest BCUT2D eigenvalue weighted by molar-refractivity contribution is -0.140. The van der Waals surface area contributed by atoms with E-state index in [9.17, 15) is 48.9 Å². The van der Waals surface area contributed by atoms with Gasteiger partial charge in [0.15, 0.2) is 0 Å². The highest BCUT2D eigenvalue weighted by molar-refractivity contribution is 7.91. The molecule has 2 aromatic carbocycles. The summed E-state index contributed by atoms with van der Waals surface area (Å²) in [5, 5.41) is 1.25. The van der Waals surface area contributed by atoms with Crippen LogP contribution in [0.15, 0.2) is 36.4 Å². The number of nitrogens with one attached hydrogen (secondary N) is 1. The van der Waals surface area contributed by atoms with Crippen molar-refractivity contribution in [2.24, 2.45) is 0 Å². The molecule has 0 saturated heterocycles. The van der Waals surface area contributed by atoms with E-state index in [0.29, 0.717) is 18.2 Å². The van der Waals surface area contributed by atoms with Gasteiger partial charge in [-0.15, -0.1) is 0 Å². The molecule has 2 aromatic rings. The second-order valence-electron chi connectivity index (χ2n) is 8.78. The molecule has 2 rings (SSSR count). The molecule has 0 radical (unpaired) electrons. The number of halogens is 12. The summed E-state index contributed by atoms with van der Waals surface area (Å²) in [6, 6.07) is 2.56. The predicted octanol–water partition coefficient (Wildman–Crippen LogP) is 8.82. The van der Waals surface area contributed by atoms with Crippen LogP contribution in [0.2, 0.25) is 15.1 Å². The van der Waals surface area contributed by atoms with E-state index in [2.05, 4.69) is 5.32 Å². The van der Waals surface area contributed by atoms with Crippen LogP contribution in [0.3, 0.4) is 0 Å². The minimum Gasteiger partial charge on any atom is -0.616 e. The van der Waals surface area contributed by atoms with E-state index < -0.39 is 87.1 Å². The first-order valence-electron chi connectivity index (χ1n) is 11.6. The van der Waals surface area contributed by atoms with E-state index in [0.717, 1.165) is 25.1 Å². The molecule has 0 aliphatic heterocycles. The minimum atomic E-state index is -5.19. The smallest absolute Gasteiger partial charge is 0.433 e. The van der Waals surface area contributed by atoms with Gasteiger partial charge in [0, 0.05) is 5.56 Å². The first-order valence-corrected chi connectivity index (χ1v) is 14.3. The van der Waals surface area contributed by atoms with Crippen LogP contribution in [-0.2, 0) is 22.1 Å². The Morgan fingerprint density at radius 1 is 1.02 bits per heavy atom. The van der Waals surface area contributed by atoms with Crippen molar-refractivity contribution in [2.45, 2.75) is 44.3 Å². The first kappa shape index (κ1) is 36.2. The van der Waals surface area contributed by atoms with Gasteiger partial charge in [0.25, 0.3) is 5.91 Å². The van der Waals surface area contributed by atoms with Crippen molar-refractivity contribution in [3.05, 3.63) is 73.7 Å². The summed E-state index contributed by atoms with van der Waals surface area (Å²) in [6.07, 6.45) is -14.4. The SMILES string of the molecule is CCO/C(=C\C(c1cc(Cl)c(Cl)c(Cl)c1)C(F)(F)F)c1ccc(C(=O)N[C@H](C)C[S+]([O-])CC(F)(F)F)c(C(F)(F)F)c1. The third-order valence-electron chi connectivity index (χ3n) is 5.33. The molecule has 1 amide bonds. The molecular formula is C25H21Cl3F9NO3S. The Morgan fingerprint density at radius 3 is 2.07 bits per heavy atom. The zero-order chi connectivity index (χ0) is 32.2. The normalized spacial score (nSPS) is 15.3. The van der Waals surface area contributed by atoms with Crippen molar-refractivity contribution in [1.82, 2.24) is 5.32 Å². The average molecular weight is 693 g/mol. The number of alkyl halides is 9. The highest BCUT2D eigenvalue weighted by Gasteiger charge is 2.41. The Bertz CT molecular complexity index is 1280. The Morgan fingerprint density at radius 2 is 1.60 bits per heavy atom. The highest BCUT2D eigenvalue weighted by atomic mass is 35.5. The Kier molecular flexibility index (Phi) is 12.2. The fourth-order valence-corrected chi connectivity index (χ4v) is 5.40. The summed E-state index contributed by atoms with van der Waals surface area (Å²) in [6.45, 7) is 2.27. The minimum absolute atomic E-state index is 0.207. The van der Waals surface area contributed by atoms with Gasteiger partial charge in [-0.3, -0.25) is 4.79 Å². The zero-order valence-corrected chi connectivity index (χ0v) is 24.5. The maximum atomic E-state index is 14.1. The van der Waals surface area contributed by atoms with Gasteiger partial charge in [-0.1, -0.05) is 40.9 Å². The molecule has 0 aliphatic rings. The topological polar surface area (TPSA) is 61.4 Å². The van der Waals surface area contributed by atoms with Gasteiger partial charge in [0.1, 0.15) is 17.4 Å². The standard InChI is InChI=1S/C25H21Cl3F9NO3S/c1-3-41-20(9-16(24(32,33)34)14-7-18(26)21(28)19(27)8-14)13-4-5-15(17(6-13)25(35,36)37)22(39)38-12(2)10-42(40)11-23(29,30)31/h4-9,12,16H,3,10-11H2,1-2H3,(H,38,39)/b20-9-/t12-,16?,42?/m1/s1. The van der Waals surface area contributed by atoms with Crippen molar-refractivity contribution in [3.63, 3.8) is 0 Å². The Balaban J connectivity index is 2.53. The van der Waals surface area contributed by atoms with Crippen LogP contribution in [0.5, 0.6) is 0 Å². The van der Waals surface area contributed by atoms with E-state index in [4.69, 9.17) is 39.5 Å². The van der Waals surface area contributed by atoms with Gasteiger partial charge in [-0.05, 0) is 60.9 Å². The number of allylic oxidation sites excluding steroid dienone is 1. The van der Waals surface area contributed by atoms with E-state index in [1.165, 1.54) is 6.92 Å². The summed E-state index contributed by atoms with van der Waals surface area (Å²) in [5.74, 6) is -6.79. The fourth-order valence-electron chi connectivity index (χ4n) is 3.66. The molecule has 0 saturated carbocycles. The molecule has 1 N–H and O–H groups in total. The molecule has 0 heterocycles. The largest absolute Gasteiger partial charge is 0.616 e. The molecule has 17 heteroatoms. The monoisotopic (exact) mass is 691 g/mol. The van der Waals surface area contributed by atoms with Crippen molar-refractivity contribution in [1.29, 1.82) is 0 Å². The van der Waals surface area contributed by atoms with Gasteiger partial charge in [0.2, 0.25) is 5.75 Å². The van der Waals surface area contributed by atoms with Crippen molar-refractivity contribution >= 4 is 57.6 Å². The maximum absolute atomic E-state index is 14.1. The number of carbonyl (C=O) groups is 1. The number of hydrogen-bond acceptors (Lipinski definition) is 3. The number of hydrogen-bond donors (Lipinski definition) is 1. The second-order valence-corrected chi connectivity index (χ2v) is 11.5. The number of rotatable bonds is 10. The van der Waals surface area contributed by atoms with Gasteiger partial charge < -0.3 is 14.6 Å². The highest BCUT2D eigenvalue weighted by Crippen LogP contribution is 2.43. The maximum Gasteiger partial charge on any atom is 0.433 e. The van der Waals surface area contributed by atoms with Gasteiger partial charge in [-0.2, -0.15) is 39.5 Å². The Hall–Kier alpha value is -2.00. The van der Waals surface area contributed by atoms with Crippen molar-refractivity contribution in [2.75, 3.05) is 18.1 Å². The second kappa shape index (κ2) is 14.2. The van der Waals surface area contributed by atoms with Crippen LogP contribution >= 0.6 is 34.8 Å². The molecule has 2 unspecified atom stereocenters. The summed E-state index contributed by atoms with van der Waals surface area (Å²) in [7, 11) is 0. The van der Waals surface area contributed by atoms with Crippen molar-refractivity contribution in [3.8, 4) is 0 Å². The first-order chi connectivity index (χ1) is 19.1. The summed E-state index contributed by atoms with van der Waals surface area (Å²) in [4.78, 5) is 12.6. The molecule has 42 heavy (non-hydrogen) atoms. The van der Waals surface area contributed by atoms with Crippen LogP contribution in [0, 0.1) is 0 Å². The third kappa shape index (κ3) is 10.3. The lowest BCUT2D eigenvalue weighted by Crippen LogP contribution is -2.40. The fraction of sp³-hybridized carbons (Fsp3) is 0.400. The molecule has 234 valence electrons. The third-order valence-corrected chi connectivity index (χ3v) is 8.05. The number of amides is 1. The summed E-state index contributed by atoms with van der Waals surface area (Å²) in [5.41, 5.74) is -3.49. The summed E-state index contributed by atoms with van der Waals surface area (Å²) >= 11 is 15.1. The molecule has 0 spiro atoms. The van der Waals surface area contributed by atoms with Gasteiger partial charge >= 0.3 is 18.5 Å². The quantitative estimate of drug-likeness (QED) is 0.117. The molecule has 4 nitrogen and oxygen atoms in total. The van der Waals surface area contributed by atoms with Crippen LogP contribution in [-0.4, -0.2) is 47.0 Å². The van der Waals surface area contributed by atoms with E-state index in [1.54, 1.807) is 0 Å². The zero-order valence-electron chi connectivity index (χ0n) is 21.4. The summed E-state index contributed by atoms with van der Waals surface area (Å²) < 4.78 is 138. The van der Waals surface area contributed by atoms with Gasteiger partial charge in [-0.25, -0.2) is 0 Å². The average Bonchev–Trinajstić information content (AvgIpc) is 2.81. The molecule has 0 bridgehead atoms. The number of carbonyl (C=O) groups excluding carboxylic acids is 1. The van der Waals surface area contributed by atoms with Crippen molar-refractivity contribution < 1.29 is 53.6 Å². The van der Waals surface area contributed by atoms with E-state index in [1.807, 2.05) is 0 Å². The Labute approximate surface area is 252 Å². The molecular weight excluding hydrogens is 672 g/mol. The predicted molar refractivity (Wildman–Crippen MR) is 142 cm³/mol. The molecule has 0 fully saturated rings.